The highest BCUT2D eigenvalue weighted by atomic mass is 14.9. The standard InChI is InChI=1S/C17H17N3/c1-13(14-6-9-18-10-7-14)20-12-15-8-11-19-17-5-3-2-4-16(15)17/h2-11,13,20H,12H2,1H3/t13-/m0/s1. The van der Waals surface area contributed by atoms with Crippen molar-refractivity contribution < 1.29 is 0 Å². The number of para-hydroxylation sites is 1. The molecular weight excluding hydrogens is 246 g/mol. The van der Waals surface area contributed by atoms with E-state index in [0.717, 1.165) is 12.1 Å². The lowest BCUT2D eigenvalue weighted by Gasteiger charge is -2.15. The minimum absolute atomic E-state index is 0.296. The number of nitrogens with zero attached hydrogens (tertiary/aromatic N) is 2. The Morgan fingerprint density at radius 3 is 2.65 bits per heavy atom. The number of aromatic nitrogens is 2. The van der Waals surface area contributed by atoms with Gasteiger partial charge in [0.15, 0.2) is 0 Å². The number of fused-ring (bicyclic) bond motifs is 1. The van der Waals surface area contributed by atoms with Gasteiger partial charge in [0, 0.05) is 36.6 Å². The third-order valence-electron chi connectivity index (χ3n) is 3.54. The van der Waals surface area contributed by atoms with E-state index in [1.54, 1.807) is 0 Å². The smallest absolute Gasteiger partial charge is 0.0705 e. The molecule has 1 aromatic carbocycles. The average Bonchev–Trinajstić information content (AvgIpc) is 2.53. The van der Waals surface area contributed by atoms with Crippen LogP contribution in [0, 0.1) is 0 Å². The second-order valence-electron chi connectivity index (χ2n) is 4.87. The monoisotopic (exact) mass is 263 g/mol. The van der Waals surface area contributed by atoms with Crippen molar-refractivity contribution in [3.63, 3.8) is 0 Å². The molecule has 3 aromatic rings. The van der Waals surface area contributed by atoms with Crippen LogP contribution in [0.25, 0.3) is 10.9 Å². The van der Waals surface area contributed by atoms with Crippen LogP contribution >= 0.6 is 0 Å². The highest BCUT2D eigenvalue weighted by Crippen LogP contribution is 2.17. The van der Waals surface area contributed by atoms with E-state index >= 15 is 0 Å². The molecule has 0 aliphatic heterocycles. The largest absolute Gasteiger partial charge is 0.306 e. The highest BCUT2D eigenvalue weighted by molar-refractivity contribution is 5.81. The first-order chi connectivity index (χ1) is 9.84. The quantitative estimate of drug-likeness (QED) is 0.783. The van der Waals surface area contributed by atoms with Crippen molar-refractivity contribution in [3.8, 4) is 0 Å². The molecule has 0 bridgehead atoms. The average molecular weight is 263 g/mol. The fraction of sp³-hybridized carbons (Fsp3) is 0.176. The number of nitrogens with one attached hydrogen (secondary N) is 1. The number of hydrogen-bond acceptors (Lipinski definition) is 3. The molecule has 0 fully saturated rings. The summed E-state index contributed by atoms with van der Waals surface area (Å²) in [5, 5.41) is 4.76. The van der Waals surface area contributed by atoms with Gasteiger partial charge in [-0.1, -0.05) is 18.2 Å². The van der Waals surface area contributed by atoms with Crippen LogP contribution in [0.15, 0.2) is 61.1 Å². The topological polar surface area (TPSA) is 37.8 Å². The second-order valence-corrected chi connectivity index (χ2v) is 4.87. The Morgan fingerprint density at radius 1 is 1.00 bits per heavy atom. The minimum atomic E-state index is 0.296. The van der Waals surface area contributed by atoms with Crippen LogP contribution in [0.4, 0.5) is 0 Å². The molecule has 2 heterocycles. The summed E-state index contributed by atoms with van der Waals surface area (Å²) in [7, 11) is 0. The van der Waals surface area contributed by atoms with E-state index in [1.165, 1.54) is 16.5 Å². The molecule has 100 valence electrons. The Morgan fingerprint density at radius 2 is 1.80 bits per heavy atom. The van der Waals surface area contributed by atoms with E-state index in [9.17, 15) is 0 Å². The van der Waals surface area contributed by atoms with Crippen molar-refractivity contribution in [2.75, 3.05) is 0 Å². The maximum Gasteiger partial charge on any atom is 0.0705 e. The molecule has 0 spiro atoms. The Kier molecular flexibility index (Phi) is 3.70. The predicted octanol–water partition coefficient (Wildman–Crippen LogP) is 3.48. The molecule has 3 rings (SSSR count). The maximum absolute atomic E-state index is 4.39. The molecule has 3 heteroatoms. The fourth-order valence-corrected chi connectivity index (χ4v) is 2.34. The number of hydrogen-bond donors (Lipinski definition) is 1. The zero-order valence-corrected chi connectivity index (χ0v) is 11.5. The van der Waals surface area contributed by atoms with Crippen LogP contribution in [0.5, 0.6) is 0 Å². The van der Waals surface area contributed by atoms with Crippen molar-refractivity contribution in [1.82, 2.24) is 15.3 Å². The molecule has 1 N–H and O–H groups in total. The van der Waals surface area contributed by atoms with E-state index in [0.29, 0.717) is 6.04 Å². The summed E-state index contributed by atoms with van der Waals surface area (Å²) < 4.78 is 0. The summed E-state index contributed by atoms with van der Waals surface area (Å²) in [6.45, 7) is 2.99. The van der Waals surface area contributed by atoms with Gasteiger partial charge in [0.25, 0.3) is 0 Å². The van der Waals surface area contributed by atoms with Gasteiger partial charge in [0.1, 0.15) is 0 Å². The SMILES string of the molecule is C[C@H](NCc1ccnc2ccccc12)c1ccncc1. The molecule has 0 unspecified atom stereocenters. The van der Waals surface area contributed by atoms with Gasteiger partial charge in [-0.05, 0) is 42.3 Å². The van der Waals surface area contributed by atoms with Crippen molar-refractivity contribution in [2.45, 2.75) is 19.5 Å². The summed E-state index contributed by atoms with van der Waals surface area (Å²) in [6.07, 6.45) is 5.53. The van der Waals surface area contributed by atoms with Crippen LogP contribution in [0.3, 0.4) is 0 Å². The zero-order valence-electron chi connectivity index (χ0n) is 11.5. The normalized spacial score (nSPS) is 12.4. The predicted molar refractivity (Wildman–Crippen MR) is 81.2 cm³/mol. The van der Waals surface area contributed by atoms with Gasteiger partial charge in [0.05, 0.1) is 5.52 Å². The van der Waals surface area contributed by atoms with Gasteiger partial charge in [-0.2, -0.15) is 0 Å². The molecule has 0 aliphatic carbocycles. The summed E-state index contributed by atoms with van der Waals surface area (Å²) >= 11 is 0. The first-order valence-corrected chi connectivity index (χ1v) is 6.80. The zero-order chi connectivity index (χ0) is 13.8. The van der Waals surface area contributed by atoms with E-state index in [-0.39, 0.29) is 0 Å². The van der Waals surface area contributed by atoms with Crippen molar-refractivity contribution >= 4 is 10.9 Å². The van der Waals surface area contributed by atoms with E-state index in [4.69, 9.17) is 0 Å². The van der Waals surface area contributed by atoms with E-state index < -0.39 is 0 Å². The van der Waals surface area contributed by atoms with Gasteiger partial charge in [-0.25, -0.2) is 0 Å². The van der Waals surface area contributed by atoms with Crippen LogP contribution < -0.4 is 5.32 Å². The van der Waals surface area contributed by atoms with Crippen molar-refractivity contribution in [1.29, 1.82) is 0 Å². The third kappa shape index (κ3) is 2.68. The number of pyridine rings is 2. The molecule has 3 nitrogen and oxygen atoms in total. The van der Waals surface area contributed by atoms with Gasteiger partial charge in [0.2, 0.25) is 0 Å². The lowest BCUT2D eigenvalue weighted by Crippen LogP contribution is -2.18. The second kappa shape index (κ2) is 5.80. The Bertz CT molecular complexity index is 689. The molecule has 20 heavy (non-hydrogen) atoms. The van der Waals surface area contributed by atoms with Crippen molar-refractivity contribution in [3.05, 3.63) is 72.2 Å². The number of rotatable bonds is 4. The lowest BCUT2D eigenvalue weighted by molar-refractivity contribution is 0.576. The summed E-state index contributed by atoms with van der Waals surface area (Å²) in [5.41, 5.74) is 3.57. The van der Waals surface area contributed by atoms with Gasteiger partial charge in [-0.15, -0.1) is 0 Å². The van der Waals surface area contributed by atoms with E-state index in [2.05, 4.69) is 40.4 Å². The lowest BCUT2D eigenvalue weighted by atomic mass is 10.1. The summed E-state index contributed by atoms with van der Waals surface area (Å²) in [5.74, 6) is 0. The van der Waals surface area contributed by atoms with Gasteiger partial charge in [-0.3, -0.25) is 9.97 Å². The van der Waals surface area contributed by atoms with Gasteiger partial charge < -0.3 is 5.32 Å². The molecule has 1 atom stereocenters. The Balaban J connectivity index is 1.77. The fourth-order valence-electron chi connectivity index (χ4n) is 2.34. The Labute approximate surface area is 118 Å². The Hall–Kier alpha value is -2.26. The first kappa shape index (κ1) is 12.8. The molecule has 0 radical (unpaired) electrons. The molecule has 2 aromatic heterocycles. The molecule has 0 saturated carbocycles. The highest BCUT2D eigenvalue weighted by Gasteiger charge is 2.06. The maximum atomic E-state index is 4.39. The van der Waals surface area contributed by atoms with Crippen LogP contribution in [0.2, 0.25) is 0 Å². The molecule has 0 amide bonds. The minimum Gasteiger partial charge on any atom is -0.306 e. The first-order valence-electron chi connectivity index (χ1n) is 6.80. The molecule has 0 saturated heterocycles. The van der Waals surface area contributed by atoms with Gasteiger partial charge >= 0.3 is 0 Å². The molecule has 0 aliphatic rings. The van der Waals surface area contributed by atoms with E-state index in [1.807, 2.05) is 42.9 Å². The van der Waals surface area contributed by atoms with Crippen molar-refractivity contribution in [2.24, 2.45) is 0 Å². The van der Waals surface area contributed by atoms with Crippen LogP contribution in [-0.2, 0) is 6.54 Å². The third-order valence-corrected chi connectivity index (χ3v) is 3.54. The summed E-state index contributed by atoms with van der Waals surface area (Å²) in [4.78, 5) is 8.44. The van der Waals surface area contributed by atoms with Crippen LogP contribution in [0.1, 0.15) is 24.1 Å². The number of benzene rings is 1. The molecular formula is C17H17N3. The summed E-state index contributed by atoms with van der Waals surface area (Å²) in [6, 6.07) is 14.7. The van der Waals surface area contributed by atoms with Crippen LogP contribution in [-0.4, -0.2) is 9.97 Å².